The van der Waals surface area contributed by atoms with Crippen molar-refractivity contribution < 1.29 is 0 Å². The Hall–Kier alpha value is -2.52. The van der Waals surface area contributed by atoms with E-state index in [-0.39, 0.29) is 0 Å². The quantitative estimate of drug-likeness (QED) is 0.435. The van der Waals surface area contributed by atoms with Crippen molar-refractivity contribution >= 4 is 35.1 Å². The Morgan fingerprint density at radius 2 is 0.926 bits per heavy atom. The predicted molar refractivity (Wildman–Crippen MR) is 120 cm³/mol. The van der Waals surface area contributed by atoms with Crippen LogP contribution < -0.4 is 0 Å². The van der Waals surface area contributed by atoms with Crippen LogP contribution in [0.3, 0.4) is 0 Å². The number of nitrogens with zero attached hydrogens (tertiary/aromatic N) is 2. The minimum atomic E-state index is 1.06. The SMILES string of the molecule is Cc1cc(C)c(/N=C/c2ccc(/C=N/c3c(C)cc(C)cc3C)s2)c(C)c1. The summed E-state index contributed by atoms with van der Waals surface area (Å²) < 4.78 is 0. The van der Waals surface area contributed by atoms with Crippen molar-refractivity contribution in [3.63, 3.8) is 0 Å². The molecule has 0 aliphatic rings. The molecule has 3 aromatic rings. The molecule has 0 aliphatic heterocycles. The summed E-state index contributed by atoms with van der Waals surface area (Å²) in [6.45, 7) is 12.7. The van der Waals surface area contributed by atoms with E-state index in [0.29, 0.717) is 0 Å². The van der Waals surface area contributed by atoms with Gasteiger partial charge in [-0.1, -0.05) is 35.4 Å². The normalized spacial score (nSPS) is 11.8. The molecule has 0 fully saturated rings. The number of rotatable bonds is 4. The van der Waals surface area contributed by atoms with Crippen LogP contribution in [0.15, 0.2) is 46.4 Å². The van der Waals surface area contributed by atoms with E-state index in [2.05, 4.69) is 77.9 Å². The lowest BCUT2D eigenvalue weighted by Crippen LogP contribution is -1.84. The number of thiophene rings is 1. The third-order valence-electron chi connectivity index (χ3n) is 4.56. The Morgan fingerprint density at radius 1 is 0.593 bits per heavy atom. The summed E-state index contributed by atoms with van der Waals surface area (Å²) in [7, 11) is 0. The van der Waals surface area contributed by atoms with Crippen molar-refractivity contribution in [3.05, 3.63) is 79.5 Å². The van der Waals surface area contributed by atoms with Crippen molar-refractivity contribution in [2.24, 2.45) is 9.98 Å². The largest absolute Gasteiger partial charge is 0.255 e. The molecule has 0 unspecified atom stereocenters. The third kappa shape index (κ3) is 4.61. The topological polar surface area (TPSA) is 24.7 Å². The van der Waals surface area contributed by atoms with Crippen LogP contribution in [0.2, 0.25) is 0 Å². The molecule has 0 N–H and O–H groups in total. The maximum absolute atomic E-state index is 4.73. The van der Waals surface area contributed by atoms with E-state index in [9.17, 15) is 0 Å². The number of aryl methyl sites for hydroxylation is 6. The van der Waals surface area contributed by atoms with Crippen LogP contribution in [0, 0.1) is 41.5 Å². The first-order chi connectivity index (χ1) is 12.8. The molecule has 0 amide bonds. The molecule has 1 aromatic heterocycles. The standard InChI is InChI=1S/C24H26N2S/c1-15-9-17(3)23(18(4)10-15)25-13-21-7-8-22(27-21)14-26-24-19(5)11-16(2)12-20(24)6/h7-14H,1-6H3/b25-13+,26-14+. The molecule has 1 heterocycles. The summed E-state index contributed by atoms with van der Waals surface area (Å²) in [5, 5.41) is 0. The first kappa shape index (κ1) is 19.2. The Bertz CT molecular complexity index is 910. The minimum Gasteiger partial charge on any atom is -0.255 e. The van der Waals surface area contributed by atoms with E-state index in [1.165, 1.54) is 33.4 Å². The first-order valence-corrected chi connectivity index (χ1v) is 9.99. The van der Waals surface area contributed by atoms with E-state index in [1.54, 1.807) is 11.3 Å². The summed E-state index contributed by atoms with van der Waals surface area (Å²) in [6, 6.07) is 12.9. The van der Waals surface area contributed by atoms with E-state index >= 15 is 0 Å². The van der Waals surface area contributed by atoms with E-state index in [0.717, 1.165) is 21.1 Å². The molecule has 3 rings (SSSR count). The van der Waals surface area contributed by atoms with Crippen molar-refractivity contribution in [2.45, 2.75) is 41.5 Å². The molecule has 0 atom stereocenters. The molecular weight excluding hydrogens is 348 g/mol. The molecule has 0 bridgehead atoms. The van der Waals surface area contributed by atoms with E-state index in [1.807, 2.05) is 12.4 Å². The number of hydrogen-bond donors (Lipinski definition) is 0. The molecule has 0 saturated heterocycles. The van der Waals surface area contributed by atoms with Crippen LogP contribution in [-0.2, 0) is 0 Å². The fraction of sp³-hybridized carbons (Fsp3) is 0.250. The van der Waals surface area contributed by atoms with Gasteiger partial charge < -0.3 is 0 Å². The van der Waals surface area contributed by atoms with Crippen LogP contribution in [-0.4, -0.2) is 12.4 Å². The highest BCUT2D eigenvalue weighted by Gasteiger charge is 2.04. The average molecular weight is 375 g/mol. The molecule has 0 radical (unpaired) electrons. The van der Waals surface area contributed by atoms with Gasteiger partial charge in [-0.05, 0) is 75.9 Å². The van der Waals surface area contributed by atoms with Gasteiger partial charge in [0.2, 0.25) is 0 Å². The minimum absolute atomic E-state index is 1.06. The number of hydrogen-bond acceptors (Lipinski definition) is 3. The van der Waals surface area contributed by atoms with Gasteiger partial charge in [-0.3, -0.25) is 9.98 Å². The van der Waals surface area contributed by atoms with Crippen molar-refractivity contribution in [2.75, 3.05) is 0 Å². The monoisotopic (exact) mass is 374 g/mol. The second-order valence-corrected chi connectivity index (χ2v) is 8.40. The summed E-state index contributed by atoms with van der Waals surface area (Å²) in [6.07, 6.45) is 3.91. The van der Waals surface area contributed by atoms with E-state index in [4.69, 9.17) is 9.98 Å². The second kappa shape index (κ2) is 8.01. The lowest BCUT2D eigenvalue weighted by Gasteiger charge is -2.06. The van der Waals surface area contributed by atoms with Crippen LogP contribution in [0.4, 0.5) is 11.4 Å². The van der Waals surface area contributed by atoms with Crippen molar-refractivity contribution in [1.82, 2.24) is 0 Å². The van der Waals surface area contributed by atoms with Gasteiger partial charge in [0, 0.05) is 22.2 Å². The predicted octanol–water partition coefficient (Wildman–Crippen LogP) is 7.10. The maximum atomic E-state index is 4.73. The molecule has 0 spiro atoms. The smallest absolute Gasteiger partial charge is 0.0688 e. The van der Waals surface area contributed by atoms with Crippen molar-refractivity contribution in [1.29, 1.82) is 0 Å². The van der Waals surface area contributed by atoms with Gasteiger partial charge in [-0.25, -0.2) is 0 Å². The Morgan fingerprint density at radius 3 is 1.26 bits per heavy atom. The Labute approximate surface area is 166 Å². The fourth-order valence-corrected chi connectivity index (χ4v) is 4.27. The Balaban J connectivity index is 1.80. The van der Waals surface area contributed by atoms with Gasteiger partial charge in [-0.15, -0.1) is 11.3 Å². The third-order valence-corrected chi connectivity index (χ3v) is 5.51. The van der Waals surface area contributed by atoms with Gasteiger partial charge in [0.25, 0.3) is 0 Å². The maximum Gasteiger partial charge on any atom is 0.0688 e. The molecule has 138 valence electrons. The summed E-state index contributed by atoms with van der Waals surface area (Å²) in [5.74, 6) is 0. The van der Waals surface area contributed by atoms with Gasteiger partial charge in [0.15, 0.2) is 0 Å². The molecule has 0 saturated carbocycles. The molecule has 3 heteroatoms. The average Bonchev–Trinajstić information content (AvgIpc) is 3.00. The van der Waals surface area contributed by atoms with E-state index < -0.39 is 0 Å². The Kier molecular flexibility index (Phi) is 5.71. The summed E-state index contributed by atoms with van der Waals surface area (Å²) in [5.41, 5.74) is 9.55. The highest BCUT2D eigenvalue weighted by molar-refractivity contribution is 7.15. The molecule has 0 aliphatic carbocycles. The summed E-state index contributed by atoms with van der Waals surface area (Å²) in [4.78, 5) is 11.7. The highest BCUT2D eigenvalue weighted by atomic mass is 32.1. The van der Waals surface area contributed by atoms with Crippen LogP contribution in [0.1, 0.15) is 43.1 Å². The van der Waals surface area contributed by atoms with Gasteiger partial charge in [0.05, 0.1) is 11.4 Å². The zero-order valence-corrected chi connectivity index (χ0v) is 17.7. The first-order valence-electron chi connectivity index (χ1n) is 9.17. The van der Waals surface area contributed by atoms with Gasteiger partial charge in [0.1, 0.15) is 0 Å². The van der Waals surface area contributed by atoms with Crippen LogP contribution in [0.25, 0.3) is 0 Å². The van der Waals surface area contributed by atoms with Gasteiger partial charge in [-0.2, -0.15) is 0 Å². The lowest BCUT2D eigenvalue weighted by molar-refractivity contribution is 1.29. The zero-order chi connectivity index (χ0) is 19.6. The lowest BCUT2D eigenvalue weighted by atomic mass is 10.1. The second-order valence-electron chi connectivity index (χ2n) is 7.25. The molecule has 27 heavy (non-hydrogen) atoms. The van der Waals surface area contributed by atoms with Crippen LogP contribution >= 0.6 is 11.3 Å². The molecular formula is C24H26N2S. The molecule has 2 nitrogen and oxygen atoms in total. The number of aliphatic imine (C=N–C) groups is 2. The van der Waals surface area contributed by atoms with Crippen LogP contribution in [0.5, 0.6) is 0 Å². The summed E-state index contributed by atoms with van der Waals surface area (Å²) >= 11 is 1.70. The van der Waals surface area contributed by atoms with Crippen molar-refractivity contribution in [3.8, 4) is 0 Å². The highest BCUT2D eigenvalue weighted by Crippen LogP contribution is 2.27. The number of benzene rings is 2. The zero-order valence-electron chi connectivity index (χ0n) is 16.9. The molecule has 2 aromatic carbocycles. The van der Waals surface area contributed by atoms with Gasteiger partial charge >= 0.3 is 0 Å². The fourth-order valence-electron chi connectivity index (χ4n) is 3.52.